The first-order chi connectivity index (χ1) is 8.87. The smallest absolute Gasteiger partial charge is 0.263 e. The van der Waals surface area contributed by atoms with Gasteiger partial charge in [-0.2, -0.15) is 4.31 Å². The molecule has 19 heavy (non-hydrogen) atoms. The van der Waals surface area contributed by atoms with Gasteiger partial charge in [0.15, 0.2) is 0 Å². The second kappa shape index (κ2) is 5.40. The molecule has 0 amide bonds. The second-order valence-corrected chi connectivity index (χ2v) is 7.00. The summed E-state index contributed by atoms with van der Waals surface area (Å²) < 4.78 is 28.0. The minimum Gasteiger partial charge on any atom is -0.324 e. The Bertz CT molecular complexity index is 557. The van der Waals surface area contributed by atoms with Gasteiger partial charge in [-0.05, 0) is 13.5 Å². The fourth-order valence-electron chi connectivity index (χ4n) is 2.34. The molecule has 1 aromatic heterocycles. The predicted octanol–water partition coefficient (Wildman–Crippen LogP) is 0.788. The Balaban J connectivity index is 2.25. The number of halogens is 1. The highest BCUT2D eigenvalue weighted by molar-refractivity contribution is 7.89. The summed E-state index contributed by atoms with van der Waals surface area (Å²) in [6.45, 7) is 6.73. The van der Waals surface area contributed by atoms with E-state index in [0.29, 0.717) is 13.1 Å². The van der Waals surface area contributed by atoms with Gasteiger partial charge in [-0.1, -0.05) is 18.5 Å². The number of hydrogen-bond donors (Lipinski definition) is 0. The molecular formula is C11H19ClN4O2S. The molecule has 0 aromatic carbocycles. The first-order valence-corrected chi connectivity index (χ1v) is 8.10. The Morgan fingerprint density at radius 3 is 2.63 bits per heavy atom. The van der Waals surface area contributed by atoms with Gasteiger partial charge < -0.3 is 4.57 Å². The summed E-state index contributed by atoms with van der Waals surface area (Å²) in [7, 11) is -1.92. The molecule has 1 aliphatic heterocycles. The van der Waals surface area contributed by atoms with Gasteiger partial charge >= 0.3 is 0 Å². The molecule has 0 saturated carbocycles. The van der Waals surface area contributed by atoms with Gasteiger partial charge in [0.2, 0.25) is 5.03 Å². The zero-order valence-corrected chi connectivity index (χ0v) is 12.9. The van der Waals surface area contributed by atoms with Crippen molar-refractivity contribution in [3.8, 4) is 0 Å². The van der Waals surface area contributed by atoms with E-state index in [0.717, 1.165) is 13.1 Å². The van der Waals surface area contributed by atoms with Gasteiger partial charge in [0, 0.05) is 32.7 Å². The number of likely N-dealkylation sites (N-methyl/N-ethyl adjacent to an activating group) is 1. The van der Waals surface area contributed by atoms with E-state index in [-0.39, 0.29) is 16.2 Å². The Morgan fingerprint density at radius 2 is 2.16 bits per heavy atom. The van der Waals surface area contributed by atoms with Crippen LogP contribution in [0.25, 0.3) is 0 Å². The highest BCUT2D eigenvalue weighted by Gasteiger charge is 2.34. The van der Waals surface area contributed by atoms with Crippen LogP contribution in [0.15, 0.2) is 11.4 Å². The molecule has 0 radical (unpaired) electrons. The van der Waals surface area contributed by atoms with E-state index in [9.17, 15) is 8.42 Å². The van der Waals surface area contributed by atoms with Gasteiger partial charge in [-0.25, -0.2) is 13.4 Å². The number of piperazine rings is 1. The van der Waals surface area contributed by atoms with Crippen molar-refractivity contribution in [3.63, 3.8) is 0 Å². The highest BCUT2D eigenvalue weighted by atomic mass is 35.5. The maximum Gasteiger partial charge on any atom is 0.263 e. The molecule has 1 fully saturated rings. The summed E-state index contributed by atoms with van der Waals surface area (Å²) in [5.74, 6) is 0. The number of aromatic nitrogens is 2. The number of sulfonamides is 1. The first kappa shape index (κ1) is 14.8. The molecule has 0 bridgehead atoms. The van der Waals surface area contributed by atoms with Gasteiger partial charge in [-0.15, -0.1) is 0 Å². The van der Waals surface area contributed by atoms with E-state index in [1.165, 1.54) is 15.2 Å². The van der Waals surface area contributed by atoms with E-state index in [2.05, 4.69) is 16.8 Å². The summed E-state index contributed by atoms with van der Waals surface area (Å²) in [4.78, 5) is 6.17. The van der Waals surface area contributed by atoms with Gasteiger partial charge in [0.25, 0.3) is 10.0 Å². The molecule has 2 rings (SSSR count). The van der Waals surface area contributed by atoms with E-state index < -0.39 is 10.0 Å². The lowest BCUT2D eigenvalue weighted by Crippen LogP contribution is -2.53. The fourth-order valence-corrected chi connectivity index (χ4v) is 4.24. The minimum absolute atomic E-state index is 0.0474. The molecule has 0 spiro atoms. The summed E-state index contributed by atoms with van der Waals surface area (Å²) in [6.07, 6.45) is 1.42. The largest absolute Gasteiger partial charge is 0.324 e. The lowest BCUT2D eigenvalue weighted by Gasteiger charge is -2.38. The second-order valence-electron chi connectivity index (χ2n) is 4.79. The van der Waals surface area contributed by atoms with Crippen molar-refractivity contribution in [2.24, 2.45) is 7.05 Å². The molecule has 108 valence electrons. The van der Waals surface area contributed by atoms with Gasteiger partial charge in [0.1, 0.15) is 5.15 Å². The van der Waals surface area contributed by atoms with Gasteiger partial charge in [-0.3, -0.25) is 4.90 Å². The molecule has 8 heteroatoms. The monoisotopic (exact) mass is 306 g/mol. The summed E-state index contributed by atoms with van der Waals surface area (Å²) in [6, 6.07) is 0.205. The molecule has 6 nitrogen and oxygen atoms in total. The Kier molecular flexibility index (Phi) is 4.20. The Hall–Kier alpha value is -0.630. The van der Waals surface area contributed by atoms with Gasteiger partial charge in [0.05, 0.1) is 6.33 Å². The average Bonchev–Trinajstić information content (AvgIpc) is 2.70. The molecule has 0 N–H and O–H groups in total. The lowest BCUT2D eigenvalue weighted by atomic mass is 10.2. The maximum atomic E-state index is 12.5. The van der Waals surface area contributed by atoms with Crippen LogP contribution in [0.4, 0.5) is 0 Å². The number of hydrogen-bond acceptors (Lipinski definition) is 4. The van der Waals surface area contributed by atoms with E-state index in [4.69, 9.17) is 11.6 Å². The maximum absolute atomic E-state index is 12.5. The van der Waals surface area contributed by atoms with Crippen molar-refractivity contribution in [1.29, 1.82) is 0 Å². The molecule has 1 aliphatic rings. The summed E-state index contributed by atoms with van der Waals surface area (Å²) in [5, 5.41) is 0.111. The Morgan fingerprint density at radius 1 is 1.47 bits per heavy atom. The standard InChI is InChI=1S/C11H19ClN4O2S/c1-4-15-5-6-16(7-9(15)2)19(17,18)11-10(12)14(3)8-13-11/h8-9H,4-7H2,1-3H3. The number of nitrogens with zero attached hydrogens (tertiary/aromatic N) is 4. The van der Waals surface area contributed by atoms with E-state index >= 15 is 0 Å². The van der Waals surface area contributed by atoms with Crippen LogP contribution in [0.1, 0.15) is 13.8 Å². The van der Waals surface area contributed by atoms with Crippen LogP contribution in [0, 0.1) is 0 Å². The molecule has 1 atom stereocenters. The summed E-state index contributed by atoms with van der Waals surface area (Å²) in [5.41, 5.74) is 0. The molecule has 1 aromatic rings. The molecule has 2 heterocycles. The normalized spacial score (nSPS) is 22.8. The zero-order valence-electron chi connectivity index (χ0n) is 11.4. The minimum atomic E-state index is -3.59. The van der Waals surface area contributed by atoms with Crippen LogP contribution in [-0.2, 0) is 17.1 Å². The highest BCUT2D eigenvalue weighted by Crippen LogP contribution is 2.24. The van der Waals surface area contributed by atoms with Crippen molar-refractivity contribution in [1.82, 2.24) is 18.8 Å². The third-order valence-corrected chi connectivity index (χ3v) is 5.91. The van der Waals surface area contributed by atoms with E-state index in [1.54, 1.807) is 7.05 Å². The first-order valence-electron chi connectivity index (χ1n) is 6.29. The van der Waals surface area contributed by atoms with Crippen molar-refractivity contribution in [2.75, 3.05) is 26.2 Å². The molecule has 0 aliphatic carbocycles. The van der Waals surface area contributed by atoms with E-state index in [1.807, 2.05) is 6.92 Å². The van der Waals surface area contributed by atoms with Crippen LogP contribution in [0.2, 0.25) is 5.15 Å². The SMILES string of the molecule is CCN1CCN(S(=O)(=O)c2ncn(C)c2Cl)CC1C. The molecular weight excluding hydrogens is 288 g/mol. The van der Waals surface area contributed by atoms with Crippen LogP contribution in [-0.4, -0.2) is 59.4 Å². The third-order valence-electron chi connectivity index (χ3n) is 3.55. The summed E-state index contributed by atoms with van der Waals surface area (Å²) >= 11 is 5.99. The number of imidazole rings is 1. The molecule has 1 saturated heterocycles. The van der Waals surface area contributed by atoms with Crippen LogP contribution >= 0.6 is 11.6 Å². The quantitative estimate of drug-likeness (QED) is 0.828. The fraction of sp³-hybridized carbons (Fsp3) is 0.727. The van der Waals surface area contributed by atoms with Crippen molar-refractivity contribution >= 4 is 21.6 Å². The van der Waals surface area contributed by atoms with Crippen molar-refractivity contribution in [3.05, 3.63) is 11.5 Å². The average molecular weight is 307 g/mol. The van der Waals surface area contributed by atoms with Crippen molar-refractivity contribution in [2.45, 2.75) is 24.9 Å². The lowest BCUT2D eigenvalue weighted by molar-refractivity contribution is 0.135. The van der Waals surface area contributed by atoms with Crippen LogP contribution in [0.5, 0.6) is 0 Å². The predicted molar refractivity (Wildman–Crippen MR) is 73.7 cm³/mol. The topological polar surface area (TPSA) is 58.4 Å². The number of rotatable bonds is 3. The number of aryl methyl sites for hydroxylation is 1. The third kappa shape index (κ3) is 2.65. The molecule has 1 unspecified atom stereocenters. The van der Waals surface area contributed by atoms with Crippen LogP contribution < -0.4 is 0 Å². The van der Waals surface area contributed by atoms with Crippen LogP contribution in [0.3, 0.4) is 0 Å². The van der Waals surface area contributed by atoms with Crippen molar-refractivity contribution < 1.29 is 8.42 Å². The zero-order chi connectivity index (χ0) is 14.2. The Labute approximate surface area is 119 Å².